The highest BCUT2D eigenvalue weighted by atomic mass is 35.5. The molecule has 0 unspecified atom stereocenters. The fourth-order valence-corrected chi connectivity index (χ4v) is 1.85. The Hall–Kier alpha value is -0.490. The van der Waals surface area contributed by atoms with Gasteiger partial charge in [-0.05, 0) is 37.0 Å². The van der Waals surface area contributed by atoms with Crippen molar-refractivity contribution < 1.29 is 0 Å². The highest BCUT2D eigenvalue weighted by molar-refractivity contribution is 6.31. The van der Waals surface area contributed by atoms with Gasteiger partial charge in [-0.25, -0.2) is 0 Å². The largest absolute Gasteiger partial charge is 0.0840 e. The molecule has 0 bridgehead atoms. The molecule has 0 spiro atoms. The standard InChI is InChI=1S/C12H17Cl/c1-3-4-5-8-11-10(2)7-6-9-12(11)13/h6-7,9H,3-5,8H2,1-2H3. The van der Waals surface area contributed by atoms with Gasteiger partial charge in [-0.2, -0.15) is 0 Å². The van der Waals surface area contributed by atoms with Gasteiger partial charge in [0, 0.05) is 5.02 Å². The Morgan fingerprint density at radius 3 is 2.62 bits per heavy atom. The minimum absolute atomic E-state index is 0.927. The minimum Gasteiger partial charge on any atom is -0.0840 e. The SMILES string of the molecule is CCCCCc1c(C)cccc1Cl. The molecule has 0 saturated heterocycles. The molecule has 0 radical (unpaired) electrons. The van der Waals surface area contributed by atoms with Crippen molar-refractivity contribution >= 4 is 11.6 Å². The van der Waals surface area contributed by atoms with Crippen LogP contribution in [-0.2, 0) is 6.42 Å². The fourth-order valence-electron chi connectivity index (χ4n) is 1.53. The van der Waals surface area contributed by atoms with E-state index in [9.17, 15) is 0 Å². The summed E-state index contributed by atoms with van der Waals surface area (Å²) in [5.41, 5.74) is 2.65. The van der Waals surface area contributed by atoms with Crippen LogP contribution in [0.4, 0.5) is 0 Å². The summed E-state index contributed by atoms with van der Waals surface area (Å²) in [7, 11) is 0. The van der Waals surface area contributed by atoms with E-state index in [0.717, 1.165) is 11.4 Å². The van der Waals surface area contributed by atoms with E-state index in [4.69, 9.17) is 11.6 Å². The van der Waals surface area contributed by atoms with Crippen LogP contribution in [0.2, 0.25) is 5.02 Å². The van der Waals surface area contributed by atoms with Crippen molar-refractivity contribution in [1.29, 1.82) is 0 Å². The van der Waals surface area contributed by atoms with E-state index >= 15 is 0 Å². The lowest BCUT2D eigenvalue weighted by molar-refractivity contribution is 0.715. The van der Waals surface area contributed by atoms with Crippen LogP contribution >= 0.6 is 11.6 Å². The molecule has 0 N–H and O–H groups in total. The zero-order chi connectivity index (χ0) is 9.68. The summed E-state index contributed by atoms with van der Waals surface area (Å²) in [5.74, 6) is 0. The van der Waals surface area contributed by atoms with E-state index < -0.39 is 0 Å². The van der Waals surface area contributed by atoms with Gasteiger partial charge in [0.05, 0.1) is 0 Å². The van der Waals surface area contributed by atoms with Crippen molar-refractivity contribution in [3.8, 4) is 0 Å². The maximum atomic E-state index is 6.11. The summed E-state index contributed by atoms with van der Waals surface area (Å²) in [5, 5.41) is 0.927. The van der Waals surface area contributed by atoms with Gasteiger partial charge in [0.2, 0.25) is 0 Å². The molecule has 1 heteroatoms. The van der Waals surface area contributed by atoms with Crippen molar-refractivity contribution in [2.45, 2.75) is 39.5 Å². The zero-order valence-corrected chi connectivity index (χ0v) is 9.19. The average Bonchev–Trinajstić information content (AvgIpc) is 2.10. The molecule has 72 valence electrons. The van der Waals surface area contributed by atoms with Gasteiger partial charge in [0.25, 0.3) is 0 Å². The fraction of sp³-hybridized carbons (Fsp3) is 0.500. The lowest BCUT2D eigenvalue weighted by Crippen LogP contribution is -1.90. The number of rotatable bonds is 4. The zero-order valence-electron chi connectivity index (χ0n) is 8.44. The van der Waals surface area contributed by atoms with E-state index in [1.54, 1.807) is 0 Å². The smallest absolute Gasteiger partial charge is 0.0440 e. The maximum absolute atomic E-state index is 6.11. The van der Waals surface area contributed by atoms with Gasteiger partial charge in [-0.1, -0.05) is 43.5 Å². The van der Waals surface area contributed by atoms with Crippen LogP contribution in [0.3, 0.4) is 0 Å². The van der Waals surface area contributed by atoms with E-state index in [0.29, 0.717) is 0 Å². The second-order valence-electron chi connectivity index (χ2n) is 3.49. The molecule has 1 aromatic carbocycles. The highest BCUT2D eigenvalue weighted by Gasteiger charge is 2.02. The molecular formula is C12H17Cl. The monoisotopic (exact) mass is 196 g/mol. The molecule has 0 nitrogen and oxygen atoms in total. The van der Waals surface area contributed by atoms with Crippen LogP contribution in [0.15, 0.2) is 18.2 Å². The van der Waals surface area contributed by atoms with E-state index in [2.05, 4.69) is 19.9 Å². The average molecular weight is 197 g/mol. The van der Waals surface area contributed by atoms with E-state index in [-0.39, 0.29) is 0 Å². The first kappa shape index (κ1) is 10.6. The first-order valence-electron chi connectivity index (χ1n) is 4.99. The Balaban J connectivity index is 2.64. The normalized spacial score (nSPS) is 10.4. The van der Waals surface area contributed by atoms with E-state index in [1.165, 1.54) is 30.4 Å². The molecule has 0 aliphatic heterocycles. The van der Waals surface area contributed by atoms with Gasteiger partial charge in [-0.15, -0.1) is 0 Å². The number of unbranched alkanes of at least 4 members (excludes halogenated alkanes) is 2. The summed E-state index contributed by atoms with van der Waals surface area (Å²) in [6, 6.07) is 6.13. The third-order valence-corrected chi connectivity index (χ3v) is 2.74. The third kappa shape index (κ3) is 3.04. The summed E-state index contributed by atoms with van der Waals surface area (Å²) in [4.78, 5) is 0. The number of hydrogen-bond donors (Lipinski definition) is 0. The van der Waals surface area contributed by atoms with Gasteiger partial charge in [0.15, 0.2) is 0 Å². The van der Waals surface area contributed by atoms with Crippen LogP contribution in [0.1, 0.15) is 37.3 Å². The van der Waals surface area contributed by atoms with Crippen LogP contribution in [0, 0.1) is 6.92 Å². The highest BCUT2D eigenvalue weighted by Crippen LogP contribution is 2.21. The Morgan fingerprint density at radius 2 is 2.00 bits per heavy atom. The van der Waals surface area contributed by atoms with Crippen LogP contribution in [0.5, 0.6) is 0 Å². The first-order chi connectivity index (χ1) is 6.25. The van der Waals surface area contributed by atoms with Crippen molar-refractivity contribution in [1.82, 2.24) is 0 Å². The van der Waals surface area contributed by atoms with Crippen LogP contribution < -0.4 is 0 Å². The first-order valence-corrected chi connectivity index (χ1v) is 5.37. The third-order valence-electron chi connectivity index (χ3n) is 2.38. The molecule has 0 amide bonds. The molecule has 0 aromatic heterocycles. The molecule has 0 atom stereocenters. The molecule has 0 aliphatic rings. The molecule has 0 heterocycles. The summed E-state index contributed by atoms with van der Waals surface area (Å²) < 4.78 is 0. The Bertz CT molecular complexity index is 246. The molecule has 0 aliphatic carbocycles. The molecule has 0 saturated carbocycles. The Kier molecular flexibility index (Phi) is 4.31. The number of hydrogen-bond acceptors (Lipinski definition) is 0. The maximum Gasteiger partial charge on any atom is 0.0440 e. The summed E-state index contributed by atoms with van der Waals surface area (Å²) in [6.45, 7) is 4.35. The Labute approximate surface area is 85.9 Å². The molecular weight excluding hydrogens is 180 g/mol. The van der Waals surface area contributed by atoms with E-state index in [1.807, 2.05) is 12.1 Å². The number of aryl methyl sites for hydroxylation is 1. The summed E-state index contributed by atoms with van der Waals surface area (Å²) in [6.07, 6.45) is 4.94. The Morgan fingerprint density at radius 1 is 1.23 bits per heavy atom. The predicted octanol–water partition coefficient (Wildman–Crippen LogP) is 4.38. The van der Waals surface area contributed by atoms with Crippen molar-refractivity contribution in [3.63, 3.8) is 0 Å². The molecule has 0 fully saturated rings. The lowest BCUT2D eigenvalue weighted by atomic mass is 10.0. The predicted molar refractivity (Wildman–Crippen MR) is 59.4 cm³/mol. The van der Waals surface area contributed by atoms with Crippen molar-refractivity contribution in [3.05, 3.63) is 34.3 Å². The second kappa shape index (κ2) is 5.29. The summed E-state index contributed by atoms with van der Waals surface area (Å²) >= 11 is 6.11. The molecule has 1 aromatic rings. The van der Waals surface area contributed by atoms with Gasteiger partial charge in [-0.3, -0.25) is 0 Å². The molecule has 13 heavy (non-hydrogen) atoms. The van der Waals surface area contributed by atoms with Crippen molar-refractivity contribution in [2.75, 3.05) is 0 Å². The van der Waals surface area contributed by atoms with Crippen LogP contribution in [0.25, 0.3) is 0 Å². The van der Waals surface area contributed by atoms with Crippen molar-refractivity contribution in [2.24, 2.45) is 0 Å². The second-order valence-corrected chi connectivity index (χ2v) is 3.90. The van der Waals surface area contributed by atoms with Crippen LogP contribution in [-0.4, -0.2) is 0 Å². The minimum atomic E-state index is 0.927. The van der Waals surface area contributed by atoms with Gasteiger partial charge in [0.1, 0.15) is 0 Å². The number of halogens is 1. The topological polar surface area (TPSA) is 0 Å². The van der Waals surface area contributed by atoms with Gasteiger partial charge < -0.3 is 0 Å². The molecule has 1 rings (SSSR count). The number of benzene rings is 1. The lowest BCUT2D eigenvalue weighted by Gasteiger charge is -2.07. The van der Waals surface area contributed by atoms with Gasteiger partial charge >= 0.3 is 0 Å². The quantitative estimate of drug-likeness (QED) is 0.627.